The predicted molar refractivity (Wildman–Crippen MR) is 113 cm³/mol. The maximum atomic E-state index is 12.9. The Morgan fingerprint density at radius 3 is 2.50 bits per heavy atom. The fourth-order valence-corrected chi connectivity index (χ4v) is 3.66. The zero-order valence-corrected chi connectivity index (χ0v) is 16.9. The second-order valence-electron chi connectivity index (χ2n) is 7.14. The maximum absolute atomic E-state index is 12.9. The van der Waals surface area contributed by atoms with E-state index in [1.165, 1.54) is 24.3 Å². The summed E-state index contributed by atoms with van der Waals surface area (Å²) in [5, 5.41) is 12.0. The summed E-state index contributed by atoms with van der Waals surface area (Å²) in [5.41, 5.74) is 1.15. The van der Waals surface area contributed by atoms with Crippen molar-refractivity contribution in [1.29, 1.82) is 0 Å². The number of hydrogen-bond donors (Lipinski definition) is 0. The van der Waals surface area contributed by atoms with Gasteiger partial charge in [-0.05, 0) is 36.8 Å². The van der Waals surface area contributed by atoms with Crippen LogP contribution in [-0.4, -0.2) is 41.9 Å². The highest BCUT2D eigenvalue weighted by Gasteiger charge is 2.25. The number of fused-ring (bicyclic) bond motifs is 1. The fraction of sp³-hybridized carbons (Fsp3) is 0.238. The topological polar surface area (TPSA) is 96.9 Å². The second kappa shape index (κ2) is 7.79. The highest BCUT2D eigenvalue weighted by atomic mass is 35.5. The van der Waals surface area contributed by atoms with E-state index in [1.807, 2.05) is 25.1 Å². The first kappa shape index (κ1) is 19.9. The van der Waals surface area contributed by atoms with Crippen LogP contribution in [0.4, 0.5) is 11.4 Å². The number of aryl methyl sites for hydroxylation is 1. The Hall–Kier alpha value is -3.39. The number of carbonyl (C=O) groups is 1. The van der Waals surface area contributed by atoms with E-state index in [0.29, 0.717) is 36.6 Å². The number of nitro groups is 1. The Morgan fingerprint density at radius 1 is 1.10 bits per heavy atom. The highest BCUT2D eigenvalue weighted by Crippen LogP contribution is 2.25. The molecule has 3 aromatic rings. The van der Waals surface area contributed by atoms with Crippen LogP contribution in [0.5, 0.6) is 0 Å². The number of anilines is 1. The number of rotatable bonds is 3. The zero-order valence-electron chi connectivity index (χ0n) is 16.1. The minimum atomic E-state index is -0.755. The Labute approximate surface area is 176 Å². The van der Waals surface area contributed by atoms with Gasteiger partial charge in [-0.3, -0.25) is 14.9 Å². The lowest BCUT2D eigenvalue weighted by Crippen LogP contribution is -2.49. The van der Waals surface area contributed by atoms with E-state index in [1.54, 1.807) is 4.90 Å². The molecule has 0 spiro atoms. The van der Waals surface area contributed by atoms with Crippen molar-refractivity contribution >= 4 is 39.9 Å². The molecule has 4 rings (SSSR count). The number of nitro benzene ring substituents is 1. The lowest BCUT2D eigenvalue weighted by atomic mass is 10.1. The Balaban J connectivity index is 1.54. The first-order valence-corrected chi connectivity index (χ1v) is 9.74. The summed E-state index contributed by atoms with van der Waals surface area (Å²) in [6.07, 6.45) is 0. The van der Waals surface area contributed by atoms with Gasteiger partial charge in [0.15, 0.2) is 0 Å². The molecule has 0 unspecified atom stereocenters. The first-order chi connectivity index (χ1) is 14.3. The van der Waals surface area contributed by atoms with Crippen LogP contribution in [0.25, 0.3) is 11.0 Å². The normalized spacial score (nSPS) is 14.2. The lowest BCUT2D eigenvalue weighted by Gasteiger charge is -2.36. The maximum Gasteiger partial charge on any atom is 0.349 e. The molecule has 8 nitrogen and oxygen atoms in total. The van der Waals surface area contributed by atoms with Crippen LogP contribution in [0.2, 0.25) is 5.02 Å². The van der Waals surface area contributed by atoms with Gasteiger partial charge in [0.05, 0.1) is 4.92 Å². The molecular weight excluding hydrogens is 410 g/mol. The lowest BCUT2D eigenvalue weighted by molar-refractivity contribution is -0.384. The minimum absolute atomic E-state index is 0.130. The Bertz CT molecular complexity index is 1210. The van der Waals surface area contributed by atoms with Gasteiger partial charge in [-0.1, -0.05) is 17.7 Å². The third-order valence-corrected chi connectivity index (χ3v) is 5.65. The summed E-state index contributed by atoms with van der Waals surface area (Å²) >= 11 is 6.21. The fourth-order valence-electron chi connectivity index (χ4n) is 3.49. The molecule has 2 aromatic carbocycles. The second-order valence-corrected chi connectivity index (χ2v) is 7.55. The molecule has 1 aliphatic rings. The number of hydrogen-bond acceptors (Lipinski definition) is 6. The molecule has 9 heteroatoms. The minimum Gasteiger partial charge on any atom is -0.422 e. The van der Waals surface area contributed by atoms with Gasteiger partial charge in [-0.15, -0.1) is 0 Å². The van der Waals surface area contributed by atoms with Crippen molar-refractivity contribution in [2.75, 3.05) is 31.1 Å². The quantitative estimate of drug-likeness (QED) is 0.359. The molecule has 0 saturated carbocycles. The van der Waals surface area contributed by atoms with Gasteiger partial charge >= 0.3 is 5.63 Å². The average molecular weight is 428 g/mol. The molecule has 0 N–H and O–H groups in total. The number of halogens is 1. The van der Waals surface area contributed by atoms with Crippen molar-refractivity contribution in [3.63, 3.8) is 0 Å². The van der Waals surface area contributed by atoms with Crippen molar-refractivity contribution < 1.29 is 14.1 Å². The molecule has 0 aliphatic carbocycles. The molecule has 1 saturated heterocycles. The predicted octanol–water partition coefficient (Wildman–Crippen LogP) is 3.63. The number of benzene rings is 2. The van der Waals surface area contributed by atoms with E-state index in [4.69, 9.17) is 16.0 Å². The Morgan fingerprint density at radius 2 is 1.83 bits per heavy atom. The molecule has 30 heavy (non-hydrogen) atoms. The van der Waals surface area contributed by atoms with Crippen molar-refractivity contribution in [3.05, 3.63) is 79.1 Å². The van der Waals surface area contributed by atoms with Crippen molar-refractivity contribution in [2.24, 2.45) is 0 Å². The summed E-state index contributed by atoms with van der Waals surface area (Å²) < 4.78 is 5.20. The third-order valence-electron chi connectivity index (χ3n) is 5.24. The van der Waals surface area contributed by atoms with Crippen molar-refractivity contribution in [2.45, 2.75) is 6.92 Å². The van der Waals surface area contributed by atoms with E-state index < -0.39 is 16.5 Å². The molecule has 1 aliphatic heterocycles. The summed E-state index contributed by atoms with van der Waals surface area (Å²) in [5.74, 6) is -0.446. The van der Waals surface area contributed by atoms with Gasteiger partial charge in [0.25, 0.3) is 11.6 Å². The first-order valence-electron chi connectivity index (χ1n) is 9.36. The molecule has 154 valence electrons. The largest absolute Gasteiger partial charge is 0.422 e. The van der Waals surface area contributed by atoms with Crippen LogP contribution >= 0.6 is 11.6 Å². The number of nitrogens with zero attached hydrogens (tertiary/aromatic N) is 3. The van der Waals surface area contributed by atoms with E-state index in [2.05, 4.69) is 4.90 Å². The summed E-state index contributed by atoms with van der Waals surface area (Å²) in [4.78, 5) is 39.4. The third kappa shape index (κ3) is 3.73. The number of carbonyl (C=O) groups excluding carboxylic acids is 1. The van der Waals surface area contributed by atoms with Gasteiger partial charge in [-0.25, -0.2) is 4.79 Å². The summed E-state index contributed by atoms with van der Waals surface area (Å²) in [7, 11) is 0. The van der Waals surface area contributed by atoms with Gasteiger partial charge in [0.2, 0.25) is 0 Å². The van der Waals surface area contributed by atoms with Crippen LogP contribution < -0.4 is 10.5 Å². The van der Waals surface area contributed by atoms with Crippen LogP contribution in [0.1, 0.15) is 15.9 Å². The molecule has 1 fully saturated rings. The van der Waals surface area contributed by atoms with Crippen molar-refractivity contribution in [1.82, 2.24) is 4.90 Å². The molecule has 0 bridgehead atoms. The molecule has 1 aromatic heterocycles. The van der Waals surface area contributed by atoms with E-state index in [0.717, 1.165) is 11.3 Å². The van der Waals surface area contributed by atoms with E-state index in [-0.39, 0.29) is 16.8 Å². The van der Waals surface area contributed by atoms with Crippen LogP contribution in [0.15, 0.2) is 51.7 Å². The Kier molecular flexibility index (Phi) is 5.17. The van der Waals surface area contributed by atoms with Crippen LogP contribution in [-0.2, 0) is 0 Å². The van der Waals surface area contributed by atoms with Crippen molar-refractivity contribution in [3.8, 4) is 0 Å². The van der Waals surface area contributed by atoms with Gasteiger partial charge in [0, 0.05) is 54.4 Å². The summed E-state index contributed by atoms with van der Waals surface area (Å²) in [6, 6.07) is 11.1. The average Bonchev–Trinajstić information content (AvgIpc) is 2.74. The van der Waals surface area contributed by atoms with E-state index >= 15 is 0 Å². The molecule has 0 atom stereocenters. The van der Waals surface area contributed by atoms with Crippen LogP contribution in [0, 0.1) is 17.0 Å². The molecule has 2 heterocycles. The zero-order chi connectivity index (χ0) is 21.4. The number of non-ortho nitro benzene ring substituents is 1. The SMILES string of the molecule is Cc1ccc(N2CCN(C(=O)c3cc4cc([N+](=O)[O-])ccc4oc3=O)CC2)cc1Cl. The van der Waals surface area contributed by atoms with Gasteiger partial charge in [0.1, 0.15) is 11.1 Å². The standard InChI is InChI=1S/C21H18ClN3O5/c1-13-2-3-15(12-18(13)22)23-6-8-24(9-7-23)20(26)17-11-14-10-16(25(28)29)4-5-19(14)30-21(17)27/h2-5,10-12H,6-9H2,1H3. The number of piperazine rings is 1. The van der Waals surface area contributed by atoms with Gasteiger partial charge in [-0.2, -0.15) is 0 Å². The molecule has 1 amide bonds. The highest BCUT2D eigenvalue weighted by molar-refractivity contribution is 6.31. The van der Waals surface area contributed by atoms with Gasteiger partial charge < -0.3 is 14.2 Å². The molecular formula is C21H18ClN3O5. The summed E-state index contributed by atoms with van der Waals surface area (Å²) in [6.45, 7) is 3.98. The van der Waals surface area contributed by atoms with E-state index in [9.17, 15) is 19.7 Å². The smallest absolute Gasteiger partial charge is 0.349 e. The molecule has 0 radical (unpaired) electrons. The monoisotopic (exact) mass is 427 g/mol. The van der Waals surface area contributed by atoms with Crippen LogP contribution in [0.3, 0.4) is 0 Å². The number of amides is 1.